The van der Waals surface area contributed by atoms with Crippen molar-refractivity contribution in [2.75, 3.05) is 33.5 Å². The van der Waals surface area contributed by atoms with E-state index in [9.17, 15) is 4.79 Å². The van der Waals surface area contributed by atoms with E-state index in [1.165, 1.54) is 7.11 Å². The summed E-state index contributed by atoms with van der Waals surface area (Å²) in [7, 11) is 1.42. The highest BCUT2D eigenvalue weighted by Crippen LogP contribution is 2.24. The van der Waals surface area contributed by atoms with Gasteiger partial charge in [0.2, 0.25) is 0 Å². The second kappa shape index (κ2) is 6.68. The molecule has 5 heteroatoms. The van der Waals surface area contributed by atoms with Gasteiger partial charge >= 0.3 is 5.97 Å². The molecule has 0 bridgehead atoms. The predicted molar refractivity (Wildman–Crippen MR) is 70.9 cm³/mol. The van der Waals surface area contributed by atoms with Gasteiger partial charge in [0, 0.05) is 25.9 Å². The lowest BCUT2D eigenvalue weighted by Gasteiger charge is -2.29. The molecule has 1 saturated heterocycles. The van der Waals surface area contributed by atoms with E-state index in [4.69, 9.17) is 14.2 Å². The van der Waals surface area contributed by atoms with E-state index in [1.807, 2.05) is 6.92 Å². The molecule has 1 heterocycles. The fourth-order valence-electron chi connectivity index (χ4n) is 2.41. The number of esters is 1. The minimum Gasteiger partial charge on any atom is -0.468 e. The van der Waals surface area contributed by atoms with Gasteiger partial charge in [-0.1, -0.05) is 0 Å². The molecule has 0 amide bonds. The highest BCUT2D eigenvalue weighted by Gasteiger charge is 2.39. The summed E-state index contributed by atoms with van der Waals surface area (Å²) in [5.41, 5.74) is -0.721. The van der Waals surface area contributed by atoms with Crippen LogP contribution in [0, 0.1) is 5.92 Å². The smallest absolute Gasteiger partial charge is 0.328 e. The monoisotopic (exact) mass is 271 g/mol. The highest BCUT2D eigenvalue weighted by molar-refractivity contribution is 5.80. The van der Waals surface area contributed by atoms with Crippen LogP contribution >= 0.6 is 0 Å². The Morgan fingerprint density at radius 3 is 2.58 bits per heavy atom. The van der Waals surface area contributed by atoms with E-state index in [1.54, 1.807) is 0 Å². The standard InChI is InChI=1S/C14H25NO4/c1-14(13(16)17-2,15-12-3-4-12)10-19-9-11-5-7-18-8-6-11/h11-12,15H,3-10H2,1-2H3. The van der Waals surface area contributed by atoms with Crippen LogP contribution in [0.5, 0.6) is 0 Å². The van der Waals surface area contributed by atoms with Crippen molar-refractivity contribution < 1.29 is 19.0 Å². The van der Waals surface area contributed by atoms with Crippen molar-refractivity contribution in [1.29, 1.82) is 0 Å². The lowest BCUT2D eigenvalue weighted by atomic mass is 10.0. The number of methoxy groups -OCH3 is 1. The number of hydrogen-bond acceptors (Lipinski definition) is 5. The maximum absolute atomic E-state index is 11.9. The zero-order valence-electron chi connectivity index (χ0n) is 11.9. The molecule has 1 atom stereocenters. The van der Waals surface area contributed by atoms with E-state index in [2.05, 4.69) is 5.32 Å². The Morgan fingerprint density at radius 2 is 2.00 bits per heavy atom. The van der Waals surface area contributed by atoms with Gasteiger partial charge in [0.25, 0.3) is 0 Å². The van der Waals surface area contributed by atoms with E-state index in [0.29, 0.717) is 25.2 Å². The van der Waals surface area contributed by atoms with Gasteiger partial charge in [-0.2, -0.15) is 0 Å². The fraction of sp³-hybridized carbons (Fsp3) is 0.929. The third-order valence-electron chi connectivity index (χ3n) is 3.82. The first-order valence-electron chi connectivity index (χ1n) is 7.15. The fourth-order valence-corrected chi connectivity index (χ4v) is 2.41. The Kier molecular flexibility index (Phi) is 5.19. The summed E-state index contributed by atoms with van der Waals surface area (Å²) in [6.07, 6.45) is 4.36. The van der Waals surface area contributed by atoms with Crippen molar-refractivity contribution in [3.05, 3.63) is 0 Å². The first kappa shape index (κ1) is 14.8. The molecule has 1 N–H and O–H groups in total. The number of hydrogen-bond donors (Lipinski definition) is 1. The normalized spacial score (nSPS) is 23.9. The van der Waals surface area contributed by atoms with Crippen LogP contribution in [-0.4, -0.2) is 51.1 Å². The summed E-state index contributed by atoms with van der Waals surface area (Å²) in [5.74, 6) is 0.308. The Morgan fingerprint density at radius 1 is 1.32 bits per heavy atom. The first-order valence-corrected chi connectivity index (χ1v) is 7.15. The average molecular weight is 271 g/mol. The van der Waals surface area contributed by atoms with Crippen LogP contribution in [-0.2, 0) is 19.0 Å². The van der Waals surface area contributed by atoms with Crippen molar-refractivity contribution >= 4 is 5.97 Å². The molecule has 19 heavy (non-hydrogen) atoms. The molecule has 1 aliphatic carbocycles. The molecule has 2 rings (SSSR count). The molecule has 0 spiro atoms. The van der Waals surface area contributed by atoms with Gasteiger partial charge in [-0.3, -0.25) is 5.32 Å². The van der Waals surface area contributed by atoms with Crippen LogP contribution in [0.2, 0.25) is 0 Å². The summed E-state index contributed by atoms with van der Waals surface area (Å²) < 4.78 is 16.0. The molecule has 2 fully saturated rings. The lowest BCUT2D eigenvalue weighted by molar-refractivity contribution is -0.151. The molecule has 0 radical (unpaired) electrons. The number of ether oxygens (including phenoxy) is 3. The maximum atomic E-state index is 11.9. The number of rotatable bonds is 7. The van der Waals surface area contributed by atoms with Gasteiger partial charge in [-0.15, -0.1) is 0 Å². The molecule has 5 nitrogen and oxygen atoms in total. The number of carbonyl (C=O) groups is 1. The summed E-state index contributed by atoms with van der Waals surface area (Å²) in [5, 5.41) is 3.33. The van der Waals surface area contributed by atoms with E-state index in [-0.39, 0.29) is 5.97 Å². The van der Waals surface area contributed by atoms with Crippen LogP contribution in [0.1, 0.15) is 32.6 Å². The summed E-state index contributed by atoms with van der Waals surface area (Å²) in [6, 6.07) is 0.441. The second-order valence-corrected chi connectivity index (χ2v) is 5.81. The zero-order chi connectivity index (χ0) is 13.7. The molecule has 1 unspecified atom stereocenters. The van der Waals surface area contributed by atoms with Gasteiger partial charge in [-0.25, -0.2) is 4.79 Å². The highest BCUT2D eigenvalue weighted by atomic mass is 16.5. The Hall–Kier alpha value is -0.650. The van der Waals surface area contributed by atoms with Crippen molar-refractivity contribution in [3.8, 4) is 0 Å². The predicted octanol–water partition coefficient (Wildman–Crippen LogP) is 1.11. The molecule has 0 aromatic carbocycles. The summed E-state index contributed by atoms with van der Waals surface area (Å²) in [4.78, 5) is 11.9. The molecular weight excluding hydrogens is 246 g/mol. The molecular formula is C14H25NO4. The Balaban J connectivity index is 1.76. The molecule has 2 aliphatic rings. The van der Waals surface area contributed by atoms with E-state index in [0.717, 1.165) is 38.9 Å². The second-order valence-electron chi connectivity index (χ2n) is 5.81. The minimum absolute atomic E-state index is 0.244. The van der Waals surface area contributed by atoms with Crippen LogP contribution < -0.4 is 5.32 Å². The van der Waals surface area contributed by atoms with Gasteiger partial charge in [0.05, 0.1) is 13.7 Å². The first-order chi connectivity index (χ1) is 9.14. The Labute approximate surface area is 115 Å². The zero-order valence-corrected chi connectivity index (χ0v) is 11.9. The van der Waals surface area contributed by atoms with Crippen molar-refractivity contribution in [3.63, 3.8) is 0 Å². The molecule has 1 aliphatic heterocycles. The summed E-state index contributed by atoms with van der Waals surface area (Å²) >= 11 is 0. The lowest BCUT2D eigenvalue weighted by Crippen LogP contribution is -2.54. The van der Waals surface area contributed by atoms with Crippen molar-refractivity contribution in [2.24, 2.45) is 5.92 Å². The third-order valence-corrected chi connectivity index (χ3v) is 3.82. The van der Waals surface area contributed by atoms with Crippen LogP contribution in [0.3, 0.4) is 0 Å². The van der Waals surface area contributed by atoms with Crippen molar-refractivity contribution in [1.82, 2.24) is 5.32 Å². The van der Waals surface area contributed by atoms with Gasteiger partial charge in [0.1, 0.15) is 5.54 Å². The average Bonchev–Trinajstić information content (AvgIpc) is 3.22. The number of nitrogens with one attached hydrogen (secondary N) is 1. The SMILES string of the molecule is COC(=O)C(C)(COCC1CCOCC1)NC1CC1. The minimum atomic E-state index is -0.721. The molecule has 110 valence electrons. The largest absolute Gasteiger partial charge is 0.468 e. The maximum Gasteiger partial charge on any atom is 0.328 e. The van der Waals surface area contributed by atoms with Gasteiger partial charge in [-0.05, 0) is 38.5 Å². The Bertz CT molecular complexity index is 300. The van der Waals surface area contributed by atoms with Gasteiger partial charge < -0.3 is 14.2 Å². The quantitative estimate of drug-likeness (QED) is 0.703. The van der Waals surface area contributed by atoms with Crippen LogP contribution in [0.15, 0.2) is 0 Å². The van der Waals surface area contributed by atoms with E-state index < -0.39 is 5.54 Å². The molecule has 1 saturated carbocycles. The molecule has 0 aromatic heterocycles. The van der Waals surface area contributed by atoms with Crippen LogP contribution in [0.4, 0.5) is 0 Å². The third kappa shape index (κ3) is 4.44. The van der Waals surface area contributed by atoms with E-state index >= 15 is 0 Å². The van der Waals surface area contributed by atoms with Crippen molar-refractivity contribution in [2.45, 2.75) is 44.2 Å². The topological polar surface area (TPSA) is 56.8 Å². The summed E-state index contributed by atoms with van der Waals surface area (Å²) in [6.45, 7) is 4.57. The molecule has 0 aromatic rings. The van der Waals surface area contributed by atoms with Crippen LogP contribution in [0.25, 0.3) is 0 Å². The van der Waals surface area contributed by atoms with Gasteiger partial charge in [0.15, 0.2) is 0 Å². The number of carbonyl (C=O) groups excluding carboxylic acids is 1.